The molecule has 1 unspecified atom stereocenters. The summed E-state index contributed by atoms with van der Waals surface area (Å²) in [6, 6.07) is 14.0. The van der Waals surface area contributed by atoms with Crippen LogP contribution >= 0.6 is 35.4 Å². The number of halogens is 2. The minimum absolute atomic E-state index is 0.111. The fraction of sp³-hybridized carbons (Fsp3) is 0.278. The third-order valence-corrected chi connectivity index (χ3v) is 4.14. The number of rotatable bonds is 5. The largest absolute Gasteiger partial charge is 0.356 e. The highest BCUT2D eigenvalue weighted by Gasteiger charge is 2.08. The van der Waals surface area contributed by atoms with Crippen molar-refractivity contribution in [1.29, 1.82) is 0 Å². The van der Waals surface area contributed by atoms with E-state index in [-0.39, 0.29) is 6.04 Å². The van der Waals surface area contributed by atoms with Crippen LogP contribution in [0.25, 0.3) is 0 Å². The van der Waals surface area contributed by atoms with Gasteiger partial charge in [0.15, 0.2) is 5.11 Å². The maximum atomic E-state index is 5.99. The van der Waals surface area contributed by atoms with Crippen molar-refractivity contribution < 1.29 is 0 Å². The normalized spacial score (nSPS) is 11.8. The van der Waals surface area contributed by atoms with Crippen molar-refractivity contribution >= 4 is 46.2 Å². The monoisotopic (exact) mass is 366 g/mol. The van der Waals surface area contributed by atoms with Crippen molar-refractivity contribution in [3.8, 4) is 0 Å². The summed E-state index contributed by atoms with van der Waals surface area (Å²) in [5.74, 6) is 0. The smallest absolute Gasteiger partial charge is 0.171 e. The number of anilines is 1. The third-order valence-electron chi connectivity index (χ3n) is 3.49. The van der Waals surface area contributed by atoms with Crippen molar-refractivity contribution in [3.05, 3.63) is 63.6 Å². The number of aryl methyl sites for hydroxylation is 1. The van der Waals surface area contributed by atoms with Crippen LogP contribution in [0, 0.1) is 0 Å². The molecule has 1 atom stereocenters. The first kappa shape index (κ1) is 18.1. The summed E-state index contributed by atoms with van der Waals surface area (Å²) in [5, 5.41) is 8.06. The van der Waals surface area contributed by atoms with Gasteiger partial charge in [-0.2, -0.15) is 0 Å². The molecule has 0 aliphatic rings. The van der Waals surface area contributed by atoms with Crippen LogP contribution in [0.5, 0.6) is 0 Å². The van der Waals surface area contributed by atoms with Gasteiger partial charge < -0.3 is 10.6 Å². The molecule has 0 spiro atoms. The lowest BCUT2D eigenvalue weighted by Gasteiger charge is -2.18. The average molecular weight is 367 g/mol. The van der Waals surface area contributed by atoms with Gasteiger partial charge >= 0.3 is 0 Å². The predicted octanol–water partition coefficient (Wildman–Crippen LogP) is 5.99. The fourth-order valence-electron chi connectivity index (χ4n) is 2.33. The second kappa shape index (κ2) is 8.53. The van der Waals surface area contributed by atoms with Crippen molar-refractivity contribution in [2.45, 2.75) is 32.7 Å². The van der Waals surface area contributed by atoms with Crippen molar-refractivity contribution in [2.75, 3.05) is 5.32 Å². The van der Waals surface area contributed by atoms with Gasteiger partial charge in [-0.05, 0) is 54.9 Å². The van der Waals surface area contributed by atoms with Gasteiger partial charge in [0.05, 0.1) is 6.04 Å². The molecule has 0 aromatic heterocycles. The van der Waals surface area contributed by atoms with Crippen molar-refractivity contribution in [1.82, 2.24) is 5.32 Å². The molecule has 2 aromatic rings. The number of hydrogen-bond acceptors (Lipinski definition) is 1. The summed E-state index contributed by atoms with van der Waals surface area (Å²) >= 11 is 17.3. The number of benzene rings is 2. The van der Waals surface area contributed by atoms with E-state index in [2.05, 4.69) is 48.7 Å². The molecule has 0 saturated heterocycles. The van der Waals surface area contributed by atoms with E-state index in [1.165, 1.54) is 11.1 Å². The van der Waals surface area contributed by atoms with Crippen LogP contribution in [0.3, 0.4) is 0 Å². The van der Waals surface area contributed by atoms with Gasteiger partial charge in [0.2, 0.25) is 0 Å². The topological polar surface area (TPSA) is 24.1 Å². The molecule has 0 aliphatic heterocycles. The Morgan fingerprint density at radius 3 is 2.26 bits per heavy atom. The highest BCUT2D eigenvalue weighted by atomic mass is 35.5. The molecule has 23 heavy (non-hydrogen) atoms. The van der Waals surface area contributed by atoms with Gasteiger partial charge in [0.1, 0.15) is 0 Å². The molecule has 5 heteroatoms. The fourth-order valence-corrected chi connectivity index (χ4v) is 3.16. The first-order valence-electron chi connectivity index (χ1n) is 7.60. The quantitative estimate of drug-likeness (QED) is 0.635. The standard InChI is InChI=1S/C18H20Cl2N2S/c1-3-4-13-5-7-14(8-6-13)12(2)21-18(23)22-17-10-15(19)9-16(20)11-17/h5-12H,3-4H2,1-2H3,(H2,21,22,23). The molecule has 0 fully saturated rings. The molecule has 2 nitrogen and oxygen atoms in total. The lowest BCUT2D eigenvalue weighted by atomic mass is 10.0. The van der Waals surface area contributed by atoms with E-state index in [0.717, 1.165) is 18.5 Å². The summed E-state index contributed by atoms with van der Waals surface area (Å²) in [6.07, 6.45) is 2.26. The average Bonchev–Trinajstić information content (AvgIpc) is 2.47. The molecule has 0 saturated carbocycles. The lowest BCUT2D eigenvalue weighted by molar-refractivity contribution is 0.722. The zero-order valence-corrected chi connectivity index (χ0v) is 15.5. The number of thiocarbonyl (C=S) groups is 1. The second-order valence-electron chi connectivity index (χ2n) is 5.47. The zero-order valence-electron chi connectivity index (χ0n) is 13.2. The summed E-state index contributed by atoms with van der Waals surface area (Å²) in [6.45, 7) is 4.26. The number of hydrogen-bond donors (Lipinski definition) is 2. The van der Waals surface area contributed by atoms with Gasteiger partial charge in [-0.25, -0.2) is 0 Å². The minimum Gasteiger partial charge on any atom is -0.356 e. The Bertz CT molecular complexity index is 651. The molecule has 0 amide bonds. The molecule has 2 aromatic carbocycles. The molecule has 2 N–H and O–H groups in total. The van der Waals surface area contributed by atoms with Gasteiger partial charge in [0.25, 0.3) is 0 Å². The van der Waals surface area contributed by atoms with E-state index in [9.17, 15) is 0 Å². The van der Waals surface area contributed by atoms with Gasteiger partial charge in [-0.1, -0.05) is 60.8 Å². The Balaban J connectivity index is 1.96. The van der Waals surface area contributed by atoms with E-state index >= 15 is 0 Å². The lowest BCUT2D eigenvalue weighted by Crippen LogP contribution is -2.30. The predicted molar refractivity (Wildman–Crippen MR) is 105 cm³/mol. The van der Waals surface area contributed by atoms with E-state index in [0.29, 0.717) is 15.2 Å². The summed E-state index contributed by atoms with van der Waals surface area (Å²) in [5.41, 5.74) is 3.32. The molecule has 2 rings (SSSR count). The highest BCUT2D eigenvalue weighted by Crippen LogP contribution is 2.22. The Morgan fingerprint density at radius 2 is 1.70 bits per heavy atom. The Morgan fingerprint density at radius 1 is 1.09 bits per heavy atom. The van der Waals surface area contributed by atoms with Crippen LogP contribution < -0.4 is 10.6 Å². The molecule has 122 valence electrons. The van der Waals surface area contributed by atoms with Crippen molar-refractivity contribution in [2.24, 2.45) is 0 Å². The molecule has 0 radical (unpaired) electrons. The molecule has 0 heterocycles. The summed E-state index contributed by atoms with van der Waals surface area (Å²) in [7, 11) is 0. The Kier molecular flexibility index (Phi) is 6.70. The van der Waals surface area contributed by atoms with Crippen molar-refractivity contribution in [3.63, 3.8) is 0 Å². The third kappa shape index (κ3) is 5.69. The molecule has 0 bridgehead atoms. The Hall–Kier alpha value is -1.29. The maximum absolute atomic E-state index is 5.99. The van der Waals surface area contributed by atoms with Gasteiger partial charge in [0, 0.05) is 15.7 Å². The zero-order chi connectivity index (χ0) is 16.8. The van der Waals surface area contributed by atoms with E-state index < -0.39 is 0 Å². The maximum Gasteiger partial charge on any atom is 0.171 e. The highest BCUT2D eigenvalue weighted by molar-refractivity contribution is 7.80. The first-order valence-corrected chi connectivity index (χ1v) is 8.77. The van der Waals surface area contributed by atoms with E-state index in [1.807, 2.05) is 0 Å². The molecule has 0 aliphatic carbocycles. The van der Waals surface area contributed by atoms with Crippen LogP contribution in [-0.4, -0.2) is 5.11 Å². The SMILES string of the molecule is CCCc1ccc(C(C)NC(=S)Nc2cc(Cl)cc(Cl)c2)cc1. The van der Waals surface area contributed by atoms with Crippen LogP contribution in [0.15, 0.2) is 42.5 Å². The molecular formula is C18H20Cl2N2S. The van der Waals surface area contributed by atoms with Gasteiger partial charge in [-0.15, -0.1) is 0 Å². The first-order chi connectivity index (χ1) is 11.0. The minimum atomic E-state index is 0.111. The Labute approximate surface area is 153 Å². The van der Waals surface area contributed by atoms with Crippen LogP contribution in [-0.2, 0) is 6.42 Å². The summed E-state index contributed by atoms with van der Waals surface area (Å²) < 4.78 is 0. The number of nitrogens with one attached hydrogen (secondary N) is 2. The van der Waals surface area contributed by atoms with E-state index in [1.54, 1.807) is 18.2 Å². The van der Waals surface area contributed by atoms with Crippen LogP contribution in [0.4, 0.5) is 5.69 Å². The molecular weight excluding hydrogens is 347 g/mol. The second-order valence-corrected chi connectivity index (χ2v) is 6.75. The van der Waals surface area contributed by atoms with Crippen LogP contribution in [0.1, 0.15) is 37.4 Å². The van der Waals surface area contributed by atoms with Gasteiger partial charge in [-0.3, -0.25) is 0 Å². The van der Waals surface area contributed by atoms with E-state index in [4.69, 9.17) is 35.4 Å². The van der Waals surface area contributed by atoms with Crippen LogP contribution in [0.2, 0.25) is 10.0 Å². The summed E-state index contributed by atoms with van der Waals surface area (Å²) in [4.78, 5) is 0.